The Morgan fingerprint density at radius 2 is 2.42 bits per heavy atom. The van der Waals surface area contributed by atoms with Crippen molar-refractivity contribution >= 4 is 17.7 Å². The highest BCUT2D eigenvalue weighted by Gasteiger charge is 2.24. The molecule has 0 aromatic rings. The molecule has 0 aromatic heterocycles. The van der Waals surface area contributed by atoms with Gasteiger partial charge in [0.15, 0.2) is 0 Å². The molecule has 2 unspecified atom stereocenters. The fourth-order valence-corrected chi connectivity index (χ4v) is 2.50. The maximum Gasteiger partial charge on any atom is 0.243 e. The molecule has 0 radical (unpaired) electrons. The summed E-state index contributed by atoms with van der Waals surface area (Å²) < 4.78 is 0. The molecule has 0 aliphatic carbocycles. The lowest BCUT2D eigenvalue weighted by atomic mass is 10.2. The number of hydrogen-bond acceptors (Lipinski definition) is 2. The van der Waals surface area contributed by atoms with Crippen LogP contribution in [0.2, 0.25) is 0 Å². The third-order valence-corrected chi connectivity index (χ3v) is 3.35. The average molecular weight is 185 g/mol. The van der Waals surface area contributed by atoms with Crippen LogP contribution in [0.4, 0.5) is 0 Å². The highest BCUT2D eigenvalue weighted by molar-refractivity contribution is 8.00. The summed E-state index contributed by atoms with van der Waals surface area (Å²) in [5.74, 6) is 1.21. The van der Waals surface area contributed by atoms with Gasteiger partial charge in [-0.1, -0.05) is 13.0 Å². The Bertz CT molecular complexity index is 191. The highest BCUT2D eigenvalue weighted by Crippen LogP contribution is 2.25. The maximum absolute atomic E-state index is 11.1. The molecule has 12 heavy (non-hydrogen) atoms. The van der Waals surface area contributed by atoms with E-state index in [1.807, 2.05) is 18.7 Å². The molecule has 68 valence electrons. The molecule has 1 amide bonds. The number of allylic oxidation sites excluding steroid dienone is 1. The molecule has 3 heteroatoms. The molecular weight excluding hydrogens is 170 g/mol. The largest absolute Gasteiger partial charge is 0.349 e. The van der Waals surface area contributed by atoms with Crippen molar-refractivity contribution in [3.8, 4) is 0 Å². The molecule has 1 N–H and O–H groups in total. The van der Waals surface area contributed by atoms with Crippen molar-refractivity contribution < 1.29 is 4.79 Å². The van der Waals surface area contributed by atoms with Crippen LogP contribution >= 0.6 is 11.8 Å². The van der Waals surface area contributed by atoms with Gasteiger partial charge in [0.1, 0.15) is 0 Å². The number of hydrogen-bond donors (Lipinski definition) is 1. The molecule has 0 aromatic carbocycles. The first kappa shape index (κ1) is 9.65. The molecule has 1 aliphatic rings. The van der Waals surface area contributed by atoms with Gasteiger partial charge >= 0.3 is 0 Å². The van der Waals surface area contributed by atoms with Crippen LogP contribution in [-0.4, -0.2) is 23.0 Å². The number of carbonyl (C=O) groups excluding carboxylic acids is 1. The minimum absolute atomic E-state index is 0.0388. The van der Waals surface area contributed by atoms with E-state index >= 15 is 0 Å². The molecule has 0 spiro atoms. The predicted molar refractivity (Wildman–Crippen MR) is 53.3 cm³/mol. The molecular formula is C9H15NOS. The summed E-state index contributed by atoms with van der Waals surface area (Å²) in [6.45, 7) is 4.02. The van der Waals surface area contributed by atoms with Gasteiger partial charge in [-0.15, -0.1) is 0 Å². The van der Waals surface area contributed by atoms with Gasteiger partial charge in [0.25, 0.3) is 0 Å². The standard InChI is InChI=1S/C9H15NOS/c1-3-4-9(11)10-8-5-6-12-7(8)2/h3-4,7-8H,5-6H2,1-2H3,(H,10,11)/b4-3+. The summed E-state index contributed by atoms with van der Waals surface area (Å²) in [4.78, 5) is 11.1. The zero-order valence-electron chi connectivity index (χ0n) is 7.54. The van der Waals surface area contributed by atoms with Crippen molar-refractivity contribution in [2.24, 2.45) is 0 Å². The second-order valence-corrected chi connectivity index (χ2v) is 4.46. The van der Waals surface area contributed by atoms with E-state index < -0.39 is 0 Å². The van der Waals surface area contributed by atoms with Gasteiger partial charge in [-0.25, -0.2) is 0 Å². The molecule has 1 rings (SSSR count). The van der Waals surface area contributed by atoms with E-state index in [-0.39, 0.29) is 5.91 Å². The summed E-state index contributed by atoms with van der Waals surface area (Å²) in [6, 6.07) is 0.374. The summed E-state index contributed by atoms with van der Waals surface area (Å²) in [5.41, 5.74) is 0. The lowest BCUT2D eigenvalue weighted by Crippen LogP contribution is -2.37. The van der Waals surface area contributed by atoms with Crippen molar-refractivity contribution in [2.45, 2.75) is 31.6 Å². The van der Waals surface area contributed by atoms with Crippen molar-refractivity contribution in [1.29, 1.82) is 0 Å². The topological polar surface area (TPSA) is 29.1 Å². The van der Waals surface area contributed by atoms with E-state index in [2.05, 4.69) is 12.2 Å². The first-order valence-electron chi connectivity index (χ1n) is 4.29. The van der Waals surface area contributed by atoms with Crippen molar-refractivity contribution in [1.82, 2.24) is 5.32 Å². The number of nitrogens with one attached hydrogen (secondary N) is 1. The Hall–Kier alpha value is -0.440. The second kappa shape index (κ2) is 4.55. The highest BCUT2D eigenvalue weighted by atomic mass is 32.2. The van der Waals surface area contributed by atoms with Crippen molar-refractivity contribution in [2.75, 3.05) is 5.75 Å². The first-order chi connectivity index (χ1) is 5.74. The van der Waals surface area contributed by atoms with Crippen LogP contribution in [0.5, 0.6) is 0 Å². The summed E-state index contributed by atoms with van der Waals surface area (Å²) in [7, 11) is 0. The van der Waals surface area contributed by atoms with E-state index in [1.165, 1.54) is 5.75 Å². The molecule has 2 atom stereocenters. The van der Waals surface area contributed by atoms with E-state index in [9.17, 15) is 4.79 Å². The number of amides is 1. The van der Waals surface area contributed by atoms with Gasteiger partial charge in [0, 0.05) is 11.3 Å². The molecule has 1 aliphatic heterocycles. The third-order valence-electron chi connectivity index (χ3n) is 2.02. The van der Waals surface area contributed by atoms with Crippen LogP contribution in [-0.2, 0) is 4.79 Å². The number of thioether (sulfide) groups is 1. The van der Waals surface area contributed by atoms with Crippen molar-refractivity contribution in [3.63, 3.8) is 0 Å². The normalized spacial score (nSPS) is 29.5. The predicted octanol–water partition coefficient (Wildman–Crippen LogP) is 1.57. The van der Waals surface area contributed by atoms with Gasteiger partial charge in [-0.05, 0) is 25.2 Å². The average Bonchev–Trinajstić information content (AvgIpc) is 2.37. The Morgan fingerprint density at radius 3 is 2.92 bits per heavy atom. The SMILES string of the molecule is C/C=C/C(=O)NC1CCSC1C. The van der Waals surface area contributed by atoms with Gasteiger partial charge in [0.05, 0.1) is 0 Å². The van der Waals surface area contributed by atoms with Crippen LogP contribution in [0.3, 0.4) is 0 Å². The van der Waals surface area contributed by atoms with E-state index in [0.717, 1.165) is 6.42 Å². The molecule has 0 saturated carbocycles. The summed E-state index contributed by atoms with van der Waals surface area (Å²) in [6.07, 6.45) is 4.45. The first-order valence-corrected chi connectivity index (χ1v) is 5.33. The molecule has 2 nitrogen and oxygen atoms in total. The second-order valence-electron chi connectivity index (χ2n) is 2.98. The monoisotopic (exact) mass is 185 g/mol. The maximum atomic E-state index is 11.1. The molecule has 1 fully saturated rings. The fourth-order valence-electron chi connectivity index (χ4n) is 1.30. The summed E-state index contributed by atoms with van der Waals surface area (Å²) >= 11 is 1.93. The Labute approximate surface area is 77.8 Å². The van der Waals surface area contributed by atoms with Gasteiger partial charge in [0.2, 0.25) is 5.91 Å². The Kier molecular flexibility index (Phi) is 3.66. The zero-order valence-corrected chi connectivity index (χ0v) is 8.36. The van der Waals surface area contributed by atoms with Crippen LogP contribution in [0.15, 0.2) is 12.2 Å². The van der Waals surface area contributed by atoms with Crippen LogP contribution in [0, 0.1) is 0 Å². The third kappa shape index (κ3) is 2.55. The Morgan fingerprint density at radius 1 is 1.67 bits per heavy atom. The quantitative estimate of drug-likeness (QED) is 0.662. The van der Waals surface area contributed by atoms with E-state index in [1.54, 1.807) is 12.2 Å². The van der Waals surface area contributed by atoms with Crippen LogP contribution < -0.4 is 5.32 Å². The fraction of sp³-hybridized carbons (Fsp3) is 0.667. The van der Waals surface area contributed by atoms with Crippen LogP contribution in [0.25, 0.3) is 0 Å². The zero-order chi connectivity index (χ0) is 8.97. The lowest BCUT2D eigenvalue weighted by Gasteiger charge is -2.14. The lowest BCUT2D eigenvalue weighted by molar-refractivity contribution is -0.117. The minimum atomic E-state index is 0.0388. The van der Waals surface area contributed by atoms with E-state index in [0.29, 0.717) is 11.3 Å². The number of carbonyl (C=O) groups is 1. The smallest absolute Gasteiger partial charge is 0.243 e. The molecule has 0 bridgehead atoms. The van der Waals surface area contributed by atoms with Crippen LogP contribution in [0.1, 0.15) is 20.3 Å². The van der Waals surface area contributed by atoms with Crippen molar-refractivity contribution in [3.05, 3.63) is 12.2 Å². The van der Waals surface area contributed by atoms with Gasteiger partial charge < -0.3 is 5.32 Å². The van der Waals surface area contributed by atoms with Gasteiger partial charge in [-0.3, -0.25) is 4.79 Å². The summed E-state index contributed by atoms with van der Waals surface area (Å²) in [5, 5.41) is 3.55. The number of rotatable bonds is 2. The minimum Gasteiger partial charge on any atom is -0.349 e. The van der Waals surface area contributed by atoms with E-state index in [4.69, 9.17) is 0 Å². The molecule has 1 heterocycles. The Balaban J connectivity index is 2.35. The van der Waals surface area contributed by atoms with Gasteiger partial charge in [-0.2, -0.15) is 11.8 Å². The molecule has 1 saturated heterocycles.